The number of rotatable bonds is 73. The Hall–Kier alpha value is -1.94. The lowest BCUT2D eigenvalue weighted by Gasteiger charge is -2.21. The SMILES string of the molecule is CCCCCCCCCCCCCCC(=O)O[C@H](COC(=O)CCCCCCCCC)COP(=O)(O)OC[C@H](O)COP(=O)(O)OC[C@@H](COC(=O)CCCCCCCCCCCCCCCC(C)C)OC(=O)CCCCCCCCCCCCCCCCCC(C)C. The van der Waals surface area contributed by atoms with Crippen LogP contribution in [0.5, 0.6) is 0 Å². The highest BCUT2D eigenvalue weighted by Gasteiger charge is 2.30. The predicted octanol–water partition coefficient (Wildman–Crippen LogP) is 21.6. The Balaban J connectivity index is 5.19. The van der Waals surface area contributed by atoms with Gasteiger partial charge < -0.3 is 33.8 Å². The molecule has 0 aliphatic carbocycles. The maximum Gasteiger partial charge on any atom is 0.472 e. The number of aliphatic hydroxyl groups excluding tert-OH is 1. The lowest BCUT2D eigenvalue weighted by Crippen LogP contribution is -2.30. The van der Waals surface area contributed by atoms with Gasteiger partial charge in [-0.25, -0.2) is 9.13 Å². The van der Waals surface area contributed by atoms with Crippen molar-refractivity contribution in [2.75, 3.05) is 39.6 Å². The maximum absolute atomic E-state index is 13.1. The number of carbonyl (C=O) groups is 4. The fraction of sp³-hybridized carbons (Fsp3) is 0.946. The molecule has 93 heavy (non-hydrogen) atoms. The number of phosphoric acid groups is 2. The van der Waals surface area contributed by atoms with E-state index in [1.165, 1.54) is 186 Å². The number of hydrogen-bond donors (Lipinski definition) is 3. The van der Waals surface area contributed by atoms with Gasteiger partial charge in [-0.15, -0.1) is 0 Å². The van der Waals surface area contributed by atoms with Crippen LogP contribution in [0, 0.1) is 11.8 Å². The molecule has 552 valence electrons. The highest BCUT2D eigenvalue weighted by Crippen LogP contribution is 2.45. The average molecular weight is 1370 g/mol. The molecule has 0 bridgehead atoms. The Morgan fingerprint density at radius 2 is 0.495 bits per heavy atom. The lowest BCUT2D eigenvalue weighted by atomic mass is 10.0. The van der Waals surface area contributed by atoms with E-state index in [-0.39, 0.29) is 25.7 Å². The average Bonchev–Trinajstić information content (AvgIpc) is 1.69. The molecule has 0 aliphatic rings. The third kappa shape index (κ3) is 68.4. The Bertz CT molecular complexity index is 1800. The number of ether oxygens (including phenoxy) is 4. The van der Waals surface area contributed by atoms with Gasteiger partial charge >= 0.3 is 39.5 Å². The zero-order valence-corrected chi connectivity index (χ0v) is 62.3. The van der Waals surface area contributed by atoms with Crippen LogP contribution in [0.3, 0.4) is 0 Å². The normalized spacial score (nSPS) is 14.1. The van der Waals surface area contributed by atoms with Gasteiger partial charge in [-0.2, -0.15) is 0 Å². The molecule has 17 nitrogen and oxygen atoms in total. The third-order valence-electron chi connectivity index (χ3n) is 17.2. The second kappa shape index (κ2) is 66.0. The van der Waals surface area contributed by atoms with Crippen LogP contribution in [-0.2, 0) is 65.4 Å². The van der Waals surface area contributed by atoms with Crippen molar-refractivity contribution < 1.29 is 80.2 Å². The zero-order chi connectivity index (χ0) is 68.6. The number of hydrogen-bond acceptors (Lipinski definition) is 15. The molecule has 19 heteroatoms. The van der Waals surface area contributed by atoms with Gasteiger partial charge in [-0.05, 0) is 37.5 Å². The first-order chi connectivity index (χ1) is 44.9. The lowest BCUT2D eigenvalue weighted by molar-refractivity contribution is -0.161. The fourth-order valence-corrected chi connectivity index (χ4v) is 12.9. The van der Waals surface area contributed by atoms with E-state index >= 15 is 0 Å². The highest BCUT2D eigenvalue weighted by molar-refractivity contribution is 7.47. The molecule has 0 rings (SSSR count). The first-order valence-electron chi connectivity index (χ1n) is 38.5. The van der Waals surface area contributed by atoms with Crippen LogP contribution < -0.4 is 0 Å². The maximum atomic E-state index is 13.1. The first-order valence-corrected chi connectivity index (χ1v) is 41.5. The van der Waals surface area contributed by atoms with Gasteiger partial charge in [-0.1, -0.05) is 330 Å². The van der Waals surface area contributed by atoms with Gasteiger partial charge in [0.25, 0.3) is 0 Å². The van der Waals surface area contributed by atoms with Crippen LogP contribution in [-0.4, -0.2) is 96.7 Å². The van der Waals surface area contributed by atoms with Crippen LogP contribution in [0.2, 0.25) is 0 Å². The molecular formula is C74H144O17P2. The fourth-order valence-electron chi connectivity index (χ4n) is 11.3. The summed E-state index contributed by atoms with van der Waals surface area (Å²) < 4.78 is 68.3. The van der Waals surface area contributed by atoms with Crippen molar-refractivity contribution in [2.24, 2.45) is 11.8 Å². The zero-order valence-electron chi connectivity index (χ0n) is 60.6. The molecule has 0 heterocycles. The predicted molar refractivity (Wildman–Crippen MR) is 377 cm³/mol. The van der Waals surface area contributed by atoms with Gasteiger partial charge in [0, 0.05) is 25.7 Å². The van der Waals surface area contributed by atoms with Crippen molar-refractivity contribution in [2.45, 2.75) is 400 Å². The quantitative estimate of drug-likeness (QED) is 0.0222. The van der Waals surface area contributed by atoms with Crippen LogP contribution in [0.1, 0.15) is 382 Å². The van der Waals surface area contributed by atoms with E-state index in [4.69, 9.17) is 37.0 Å². The van der Waals surface area contributed by atoms with Gasteiger partial charge in [-0.3, -0.25) is 37.3 Å². The minimum atomic E-state index is -4.95. The van der Waals surface area contributed by atoms with Gasteiger partial charge in [0.05, 0.1) is 26.4 Å². The number of carbonyl (C=O) groups excluding carboxylic acids is 4. The Labute approximate surface area is 568 Å². The van der Waals surface area contributed by atoms with Gasteiger partial charge in [0.1, 0.15) is 19.3 Å². The Morgan fingerprint density at radius 3 is 0.731 bits per heavy atom. The number of phosphoric ester groups is 2. The van der Waals surface area contributed by atoms with Gasteiger partial charge in [0.2, 0.25) is 0 Å². The van der Waals surface area contributed by atoms with E-state index in [1.807, 2.05) is 0 Å². The van der Waals surface area contributed by atoms with Crippen molar-refractivity contribution >= 4 is 39.5 Å². The van der Waals surface area contributed by atoms with Crippen LogP contribution in [0.25, 0.3) is 0 Å². The van der Waals surface area contributed by atoms with Crippen molar-refractivity contribution in [1.29, 1.82) is 0 Å². The molecule has 0 radical (unpaired) electrons. The molecule has 0 aromatic carbocycles. The summed E-state index contributed by atoms with van der Waals surface area (Å²) in [6.45, 7) is 9.59. The minimum absolute atomic E-state index is 0.107. The summed E-state index contributed by atoms with van der Waals surface area (Å²) in [5.74, 6) is -0.528. The van der Waals surface area contributed by atoms with Crippen molar-refractivity contribution in [1.82, 2.24) is 0 Å². The van der Waals surface area contributed by atoms with Crippen LogP contribution >= 0.6 is 15.6 Å². The first kappa shape index (κ1) is 91.1. The van der Waals surface area contributed by atoms with Gasteiger partial charge in [0.15, 0.2) is 12.2 Å². The van der Waals surface area contributed by atoms with Crippen LogP contribution in [0.15, 0.2) is 0 Å². The summed E-state index contributed by atoms with van der Waals surface area (Å²) in [6.07, 6.45) is 52.8. The summed E-state index contributed by atoms with van der Waals surface area (Å²) in [6, 6.07) is 0. The monoisotopic (exact) mass is 1370 g/mol. The van der Waals surface area contributed by atoms with Crippen molar-refractivity contribution in [3.8, 4) is 0 Å². The van der Waals surface area contributed by atoms with E-state index in [0.29, 0.717) is 25.7 Å². The molecule has 0 aliphatic heterocycles. The second-order valence-corrected chi connectivity index (χ2v) is 30.5. The van der Waals surface area contributed by atoms with E-state index in [9.17, 15) is 43.2 Å². The van der Waals surface area contributed by atoms with E-state index < -0.39 is 97.5 Å². The molecule has 0 amide bonds. The number of aliphatic hydroxyl groups is 1. The highest BCUT2D eigenvalue weighted by atomic mass is 31.2. The summed E-state index contributed by atoms with van der Waals surface area (Å²) >= 11 is 0. The summed E-state index contributed by atoms with van der Waals surface area (Å²) in [4.78, 5) is 72.6. The summed E-state index contributed by atoms with van der Waals surface area (Å²) in [5, 5.41) is 10.6. The van der Waals surface area contributed by atoms with E-state index in [2.05, 4.69) is 41.5 Å². The van der Waals surface area contributed by atoms with E-state index in [1.54, 1.807) is 0 Å². The molecule has 0 saturated heterocycles. The Morgan fingerprint density at radius 1 is 0.290 bits per heavy atom. The number of unbranched alkanes of at least 4 members (excludes halogenated alkanes) is 43. The largest absolute Gasteiger partial charge is 0.472 e. The topological polar surface area (TPSA) is 237 Å². The Kier molecular flexibility index (Phi) is 64.6. The molecule has 2 unspecified atom stereocenters. The number of esters is 4. The molecule has 3 N–H and O–H groups in total. The molecule has 0 saturated carbocycles. The smallest absolute Gasteiger partial charge is 0.462 e. The second-order valence-electron chi connectivity index (χ2n) is 27.6. The van der Waals surface area contributed by atoms with Crippen LogP contribution in [0.4, 0.5) is 0 Å². The standard InChI is InChI=1S/C74H144O17P2/c1-7-9-11-13-15-16-17-28-34-40-46-52-58-73(78)90-69(62-84-71(76)56-50-44-36-14-12-10-8-2)64-88-92(80,81)86-60-68(75)61-87-93(82,83)89-65-70(63-85-72(77)57-51-45-39-33-29-25-21-23-27-32-38-43-49-55-67(5)6)91-74(79)59-53-47-41-35-30-24-20-18-19-22-26-31-37-42-48-54-66(3)4/h66-70,75H,7-65H2,1-6H3,(H,80,81)(H,82,83)/t68-,69+,70+/m0/s1. The summed E-state index contributed by atoms with van der Waals surface area (Å²) in [5.41, 5.74) is 0. The molecule has 0 spiro atoms. The minimum Gasteiger partial charge on any atom is -0.462 e. The molecule has 0 fully saturated rings. The molecule has 5 atom stereocenters. The van der Waals surface area contributed by atoms with E-state index in [0.717, 1.165) is 115 Å². The van der Waals surface area contributed by atoms with Crippen molar-refractivity contribution in [3.05, 3.63) is 0 Å². The molecule has 0 aromatic heterocycles. The summed E-state index contributed by atoms with van der Waals surface area (Å²) in [7, 11) is -9.90. The molecular weight excluding hydrogens is 1220 g/mol. The third-order valence-corrected chi connectivity index (χ3v) is 19.1. The molecule has 0 aromatic rings. The van der Waals surface area contributed by atoms with Crippen molar-refractivity contribution in [3.63, 3.8) is 0 Å².